The Bertz CT molecular complexity index is 2100. The number of nitriles is 1. The minimum atomic E-state index is -0.807. The zero-order chi connectivity index (χ0) is 31.4. The van der Waals surface area contributed by atoms with Crippen molar-refractivity contribution >= 4 is 45.6 Å². The van der Waals surface area contributed by atoms with Crippen LogP contribution in [0, 0.1) is 25.2 Å². The summed E-state index contributed by atoms with van der Waals surface area (Å²) in [5, 5.41) is 12.4. The number of imide groups is 1. The molecule has 0 saturated carbocycles. The maximum absolute atomic E-state index is 13.5. The fourth-order valence-corrected chi connectivity index (χ4v) is 6.95. The molecule has 1 aromatic heterocycles. The van der Waals surface area contributed by atoms with E-state index in [1.165, 1.54) is 9.80 Å². The second-order valence-corrected chi connectivity index (χ2v) is 11.4. The van der Waals surface area contributed by atoms with E-state index in [9.17, 15) is 19.6 Å². The highest BCUT2D eigenvalue weighted by Crippen LogP contribution is 2.44. The molecule has 5 aromatic rings. The van der Waals surface area contributed by atoms with E-state index < -0.39 is 6.04 Å². The van der Waals surface area contributed by atoms with Crippen LogP contribution in [0.2, 0.25) is 0 Å². The lowest BCUT2D eigenvalue weighted by molar-refractivity contribution is 0.0650. The molecular formula is C37H30N4O4. The molecule has 2 aliphatic rings. The monoisotopic (exact) mass is 594 g/mol. The molecule has 2 aliphatic heterocycles. The summed E-state index contributed by atoms with van der Waals surface area (Å²) in [7, 11) is 1.63. The van der Waals surface area contributed by atoms with Crippen LogP contribution < -0.4 is 4.74 Å². The first kappa shape index (κ1) is 28.1. The number of aromatic nitrogens is 1. The van der Waals surface area contributed by atoms with Crippen molar-refractivity contribution in [2.24, 2.45) is 0 Å². The lowest BCUT2D eigenvalue weighted by Crippen LogP contribution is -2.32. The summed E-state index contributed by atoms with van der Waals surface area (Å²) < 4.78 is 7.84. The molecule has 3 amide bonds. The van der Waals surface area contributed by atoms with Crippen molar-refractivity contribution in [2.75, 3.05) is 13.7 Å². The summed E-state index contributed by atoms with van der Waals surface area (Å²) in [4.78, 5) is 42.4. The van der Waals surface area contributed by atoms with Crippen LogP contribution in [0.1, 0.15) is 65.8 Å². The van der Waals surface area contributed by atoms with E-state index in [1.807, 2.05) is 56.3 Å². The molecule has 1 atom stereocenters. The van der Waals surface area contributed by atoms with Crippen LogP contribution in [0.15, 0.2) is 79.0 Å². The Balaban J connectivity index is 1.32. The zero-order valence-corrected chi connectivity index (χ0v) is 25.2. The van der Waals surface area contributed by atoms with Gasteiger partial charge in [-0.3, -0.25) is 24.2 Å². The van der Waals surface area contributed by atoms with Crippen molar-refractivity contribution < 1.29 is 19.1 Å². The third-order valence-corrected chi connectivity index (χ3v) is 9.07. The molecule has 0 fully saturated rings. The third-order valence-electron chi connectivity index (χ3n) is 9.07. The van der Waals surface area contributed by atoms with E-state index in [1.54, 1.807) is 49.7 Å². The Labute approximate surface area is 260 Å². The second-order valence-electron chi connectivity index (χ2n) is 11.4. The number of rotatable bonds is 6. The summed E-state index contributed by atoms with van der Waals surface area (Å²) in [5.74, 6) is -0.0460. The molecular weight excluding hydrogens is 564 g/mol. The summed E-state index contributed by atoms with van der Waals surface area (Å²) in [6.07, 6.45) is 4.19. The highest BCUT2D eigenvalue weighted by molar-refractivity contribution is 6.21. The fourth-order valence-electron chi connectivity index (χ4n) is 6.95. The lowest BCUT2D eigenvalue weighted by atomic mass is 9.86. The van der Waals surface area contributed by atoms with E-state index in [4.69, 9.17) is 4.74 Å². The minimum Gasteiger partial charge on any atom is -0.497 e. The van der Waals surface area contributed by atoms with Gasteiger partial charge in [0.25, 0.3) is 17.7 Å². The molecule has 0 spiro atoms. The number of carbonyl (C=O) groups excluding carboxylic acids is 3. The van der Waals surface area contributed by atoms with Gasteiger partial charge in [-0.15, -0.1) is 0 Å². The van der Waals surface area contributed by atoms with Crippen molar-refractivity contribution in [3.63, 3.8) is 0 Å². The molecule has 4 aromatic carbocycles. The number of amides is 3. The first-order valence-corrected chi connectivity index (χ1v) is 14.9. The number of nitrogens with zero attached hydrogens (tertiary/aromatic N) is 4. The van der Waals surface area contributed by atoms with Crippen LogP contribution in [0.5, 0.6) is 5.75 Å². The van der Waals surface area contributed by atoms with Gasteiger partial charge in [0, 0.05) is 46.7 Å². The van der Waals surface area contributed by atoms with Crippen molar-refractivity contribution in [3.8, 4) is 11.8 Å². The van der Waals surface area contributed by atoms with Gasteiger partial charge in [-0.05, 0) is 85.5 Å². The largest absolute Gasteiger partial charge is 0.497 e. The average molecular weight is 595 g/mol. The molecule has 3 heterocycles. The van der Waals surface area contributed by atoms with Gasteiger partial charge >= 0.3 is 0 Å². The number of carbonyl (C=O) groups is 3. The number of methoxy groups -OCH3 is 1. The van der Waals surface area contributed by atoms with E-state index in [-0.39, 0.29) is 17.7 Å². The third kappa shape index (κ3) is 4.23. The molecule has 8 nitrogen and oxygen atoms in total. The first-order chi connectivity index (χ1) is 21.8. The van der Waals surface area contributed by atoms with E-state index >= 15 is 0 Å². The molecule has 45 heavy (non-hydrogen) atoms. The van der Waals surface area contributed by atoms with E-state index in [0.717, 1.165) is 44.1 Å². The highest BCUT2D eigenvalue weighted by Gasteiger charge is 2.35. The minimum absolute atomic E-state index is 0.238. The van der Waals surface area contributed by atoms with Crippen LogP contribution in [-0.2, 0) is 6.54 Å². The van der Waals surface area contributed by atoms with E-state index in [0.29, 0.717) is 42.0 Å². The Kier molecular flexibility index (Phi) is 6.74. The van der Waals surface area contributed by atoms with E-state index in [2.05, 4.69) is 10.6 Å². The number of hydrogen-bond donors (Lipinski definition) is 0. The van der Waals surface area contributed by atoms with Crippen LogP contribution in [0.25, 0.3) is 27.9 Å². The predicted molar refractivity (Wildman–Crippen MR) is 172 cm³/mol. The Morgan fingerprint density at radius 2 is 1.60 bits per heavy atom. The Hall–Kier alpha value is -5.68. The molecule has 0 saturated heterocycles. The first-order valence-electron chi connectivity index (χ1n) is 14.9. The quantitative estimate of drug-likeness (QED) is 0.202. The van der Waals surface area contributed by atoms with Crippen molar-refractivity contribution in [1.82, 2.24) is 14.4 Å². The van der Waals surface area contributed by atoms with Crippen LogP contribution >= 0.6 is 0 Å². The van der Waals surface area contributed by atoms with Crippen molar-refractivity contribution in [3.05, 3.63) is 118 Å². The summed E-state index contributed by atoms with van der Waals surface area (Å²) in [6, 6.07) is 23.5. The standard InChI is InChI=1S/C37H30N4O4/c1-22-26-16-19-40(35(42)24-10-5-4-6-11-24)31(21-38)32(26)23(2)33-29-20-25(45-3)14-15-30(29)39(34(22)33)17-9-18-41-36(43)27-12-7-8-13-28(27)37(41)44/h4-8,10-16,19-20,31H,9,17-18H2,1-3H3. The number of hydrogen-bond acceptors (Lipinski definition) is 5. The maximum atomic E-state index is 13.5. The van der Waals surface area contributed by atoms with Gasteiger partial charge in [-0.1, -0.05) is 30.3 Å². The van der Waals surface area contributed by atoms with Crippen LogP contribution in [0.4, 0.5) is 0 Å². The summed E-state index contributed by atoms with van der Waals surface area (Å²) in [5.41, 5.74) is 7.04. The normalized spacial score (nSPS) is 15.5. The topological polar surface area (TPSA) is 95.6 Å². The van der Waals surface area contributed by atoms with Gasteiger partial charge in [0.15, 0.2) is 0 Å². The SMILES string of the molecule is COc1ccc2c(c1)c1c(C)c3c(c(C)c1n2CCCN1C(=O)c2ccccc2C1=O)C=CN(C(=O)c1ccccc1)C3C#N. The Morgan fingerprint density at radius 3 is 2.27 bits per heavy atom. The molecule has 0 aliphatic carbocycles. The molecule has 0 N–H and O–H groups in total. The molecule has 8 heteroatoms. The van der Waals surface area contributed by atoms with Gasteiger partial charge in [0.2, 0.25) is 0 Å². The number of benzene rings is 4. The highest BCUT2D eigenvalue weighted by atomic mass is 16.5. The molecule has 0 bridgehead atoms. The summed E-state index contributed by atoms with van der Waals surface area (Å²) in [6.45, 7) is 4.91. The van der Waals surface area contributed by atoms with Gasteiger partial charge in [0.1, 0.15) is 11.8 Å². The van der Waals surface area contributed by atoms with Crippen molar-refractivity contribution in [2.45, 2.75) is 32.9 Å². The number of fused-ring (bicyclic) bond motifs is 5. The fraction of sp³-hybridized carbons (Fsp3) is 0.189. The zero-order valence-electron chi connectivity index (χ0n) is 25.2. The van der Waals surface area contributed by atoms with Gasteiger partial charge < -0.3 is 9.30 Å². The van der Waals surface area contributed by atoms with Crippen LogP contribution in [-0.4, -0.2) is 45.7 Å². The Morgan fingerprint density at radius 1 is 0.911 bits per heavy atom. The number of ether oxygens (including phenoxy) is 1. The second kappa shape index (κ2) is 10.8. The summed E-state index contributed by atoms with van der Waals surface area (Å²) >= 11 is 0. The molecule has 7 rings (SSSR count). The average Bonchev–Trinajstić information content (AvgIpc) is 3.53. The lowest BCUT2D eigenvalue weighted by Gasteiger charge is -2.31. The molecule has 0 radical (unpaired) electrons. The smallest absolute Gasteiger partial charge is 0.261 e. The van der Waals surface area contributed by atoms with Crippen molar-refractivity contribution in [1.29, 1.82) is 5.26 Å². The van der Waals surface area contributed by atoms with Crippen LogP contribution in [0.3, 0.4) is 0 Å². The van der Waals surface area contributed by atoms with Gasteiger partial charge in [-0.25, -0.2) is 0 Å². The molecule has 222 valence electrons. The molecule has 1 unspecified atom stereocenters. The maximum Gasteiger partial charge on any atom is 0.261 e. The van der Waals surface area contributed by atoms with Gasteiger partial charge in [-0.2, -0.15) is 5.26 Å². The number of aryl methyl sites for hydroxylation is 3. The van der Waals surface area contributed by atoms with Gasteiger partial charge in [0.05, 0.1) is 29.8 Å². The predicted octanol–water partition coefficient (Wildman–Crippen LogP) is 6.80.